The van der Waals surface area contributed by atoms with Gasteiger partial charge in [-0.25, -0.2) is 0 Å². The molecule has 0 unspecified atom stereocenters. The normalized spacial score (nSPS) is 17.7. The first-order valence-corrected chi connectivity index (χ1v) is 7.69. The fraction of sp³-hybridized carbons (Fsp3) is 0.667. The molecule has 1 saturated heterocycles. The maximum atomic E-state index is 3.46. The van der Waals surface area contributed by atoms with Crippen LogP contribution in [0.3, 0.4) is 0 Å². The van der Waals surface area contributed by atoms with Crippen molar-refractivity contribution >= 4 is 0 Å². The Morgan fingerprint density at radius 3 is 2.05 bits per heavy atom. The number of hydrogen-bond donors (Lipinski definition) is 1. The summed E-state index contributed by atoms with van der Waals surface area (Å²) in [5.41, 5.74) is 6.30. The van der Waals surface area contributed by atoms with Gasteiger partial charge >= 0.3 is 0 Å². The summed E-state index contributed by atoms with van der Waals surface area (Å²) in [7, 11) is 0. The van der Waals surface area contributed by atoms with E-state index in [9.17, 15) is 0 Å². The van der Waals surface area contributed by atoms with Crippen molar-refractivity contribution in [3.63, 3.8) is 0 Å². The van der Waals surface area contributed by atoms with E-state index in [-0.39, 0.29) is 5.41 Å². The van der Waals surface area contributed by atoms with Crippen LogP contribution < -0.4 is 5.32 Å². The van der Waals surface area contributed by atoms with Gasteiger partial charge < -0.3 is 5.32 Å². The van der Waals surface area contributed by atoms with E-state index in [1.54, 1.807) is 5.56 Å². The van der Waals surface area contributed by atoms with E-state index in [0.717, 1.165) is 5.92 Å². The van der Waals surface area contributed by atoms with Gasteiger partial charge in [0.2, 0.25) is 0 Å². The Bertz CT molecular complexity index is 410. The first-order chi connectivity index (χ1) is 8.88. The van der Waals surface area contributed by atoms with Crippen LogP contribution >= 0.6 is 0 Å². The smallest absolute Gasteiger partial charge is 0.00462 e. The Hall–Kier alpha value is -0.820. The summed E-state index contributed by atoms with van der Waals surface area (Å²) in [6.07, 6.45) is 3.93. The van der Waals surface area contributed by atoms with Gasteiger partial charge in [-0.1, -0.05) is 32.9 Å². The summed E-state index contributed by atoms with van der Waals surface area (Å²) >= 11 is 0. The van der Waals surface area contributed by atoms with E-state index in [4.69, 9.17) is 0 Å². The molecule has 1 fully saturated rings. The number of piperidine rings is 1. The molecule has 1 aromatic rings. The van der Waals surface area contributed by atoms with Gasteiger partial charge in [0, 0.05) is 0 Å². The van der Waals surface area contributed by atoms with Gasteiger partial charge in [-0.2, -0.15) is 0 Å². The SMILES string of the molecule is Cc1cc(C(C)(C)C)cc(C)c1CC1CCNCC1. The Labute approximate surface area is 118 Å². The van der Waals surface area contributed by atoms with Gasteiger partial charge in [0.1, 0.15) is 0 Å². The van der Waals surface area contributed by atoms with Crippen molar-refractivity contribution in [3.8, 4) is 0 Å². The second-order valence-corrected chi connectivity index (χ2v) is 7.24. The highest BCUT2D eigenvalue weighted by molar-refractivity contribution is 5.40. The molecule has 2 rings (SSSR count). The molecule has 1 nitrogen and oxygen atoms in total. The van der Waals surface area contributed by atoms with E-state index < -0.39 is 0 Å². The minimum absolute atomic E-state index is 0.253. The van der Waals surface area contributed by atoms with Crippen LogP contribution in [0.2, 0.25) is 0 Å². The van der Waals surface area contributed by atoms with Gasteiger partial charge in [0.15, 0.2) is 0 Å². The van der Waals surface area contributed by atoms with Crippen LogP contribution in [0.25, 0.3) is 0 Å². The summed E-state index contributed by atoms with van der Waals surface area (Å²) in [5.74, 6) is 0.874. The molecule has 1 heterocycles. The molecule has 106 valence electrons. The molecule has 0 atom stereocenters. The van der Waals surface area contributed by atoms with E-state index in [2.05, 4.69) is 52.1 Å². The first-order valence-electron chi connectivity index (χ1n) is 7.69. The summed E-state index contributed by atoms with van der Waals surface area (Å²) in [6, 6.07) is 4.81. The van der Waals surface area contributed by atoms with Gasteiger partial charge in [-0.15, -0.1) is 0 Å². The second-order valence-electron chi connectivity index (χ2n) is 7.24. The van der Waals surface area contributed by atoms with Crippen molar-refractivity contribution in [1.82, 2.24) is 5.32 Å². The highest BCUT2D eigenvalue weighted by Crippen LogP contribution is 2.29. The summed E-state index contributed by atoms with van der Waals surface area (Å²) < 4.78 is 0. The average molecular weight is 259 g/mol. The van der Waals surface area contributed by atoms with Gasteiger partial charge in [0.05, 0.1) is 0 Å². The molecular formula is C18H29N. The third-order valence-corrected chi connectivity index (χ3v) is 4.51. The van der Waals surface area contributed by atoms with Crippen molar-refractivity contribution in [3.05, 3.63) is 34.4 Å². The van der Waals surface area contributed by atoms with Crippen molar-refractivity contribution < 1.29 is 0 Å². The zero-order valence-electron chi connectivity index (χ0n) is 13.3. The topological polar surface area (TPSA) is 12.0 Å². The molecule has 0 saturated carbocycles. The number of hydrogen-bond acceptors (Lipinski definition) is 1. The lowest BCUT2D eigenvalue weighted by Gasteiger charge is -2.26. The highest BCUT2D eigenvalue weighted by Gasteiger charge is 2.19. The minimum Gasteiger partial charge on any atom is -0.317 e. The van der Waals surface area contributed by atoms with Crippen LogP contribution in [0, 0.1) is 19.8 Å². The predicted molar refractivity (Wildman–Crippen MR) is 83.9 cm³/mol. The minimum atomic E-state index is 0.253. The molecule has 0 amide bonds. The Morgan fingerprint density at radius 1 is 1.05 bits per heavy atom. The molecule has 1 aliphatic rings. The van der Waals surface area contributed by atoms with Crippen LogP contribution in [0.5, 0.6) is 0 Å². The van der Waals surface area contributed by atoms with E-state index >= 15 is 0 Å². The lowest BCUT2D eigenvalue weighted by Crippen LogP contribution is -2.29. The van der Waals surface area contributed by atoms with Crippen LogP contribution in [-0.2, 0) is 11.8 Å². The molecule has 0 spiro atoms. The lowest BCUT2D eigenvalue weighted by atomic mass is 9.81. The molecule has 1 aliphatic heterocycles. The first kappa shape index (κ1) is 14.6. The van der Waals surface area contributed by atoms with Gasteiger partial charge in [-0.05, 0) is 79.8 Å². The van der Waals surface area contributed by atoms with E-state index in [1.807, 2.05) is 0 Å². The number of rotatable bonds is 2. The lowest BCUT2D eigenvalue weighted by molar-refractivity contribution is 0.371. The van der Waals surface area contributed by atoms with Crippen molar-refractivity contribution in [1.29, 1.82) is 0 Å². The van der Waals surface area contributed by atoms with Crippen molar-refractivity contribution in [2.75, 3.05) is 13.1 Å². The van der Waals surface area contributed by atoms with Gasteiger partial charge in [-0.3, -0.25) is 0 Å². The third kappa shape index (κ3) is 3.60. The molecule has 1 N–H and O–H groups in total. The second kappa shape index (κ2) is 5.66. The number of nitrogens with one attached hydrogen (secondary N) is 1. The summed E-state index contributed by atoms with van der Waals surface area (Å²) in [6.45, 7) is 13.9. The molecule has 0 bridgehead atoms. The van der Waals surface area contributed by atoms with Crippen molar-refractivity contribution in [2.45, 2.75) is 59.3 Å². The van der Waals surface area contributed by atoms with Crippen LogP contribution in [0.15, 0.2) is 12.1 Å². The van der Waals surface area contributed by atoms with Crippen LogP contribution in [0.1, 0.15) is 55.9 Å². The Morgan fingerprint density at radius 2 is 1.58 bits per heavy atom. The standard InChI is InChI=1S/C18H29N/c1-13-10-16(18(3,4)5)11-14(2)17(13)12-15-6-8-19-9-7-15/h10-11,15,19H,6-9,12H2,1-5H3. The molecular weight excluding hydrogens is 230 g/mol. The summed E-state index contributed by atoms with van der Waals surface area (Å²) in [5, 5.41) is 3.46. The maximum Gasteiger partial charge on any atom is -0.00462 e. The molecule has 0 aromatic heterocycles. The molecule has 0 aliphatic carbocycles. The highest BCUT2D eigenvalue weighted by atomic mass is 14.9. The Balaban J connectivity index is 2.21. The zero-order chi connectivity index (χ0) is 14.0. The molecule has 19 heavy (non-hydrogen) atoms. The third-order valence-electron chi connectivity index (χ3n) is 4.51. The monoisotopic (exact) mass is 259 g/mol. The predicted octanol–water partition coefficient (Wildman–Crippen LogP) is 4.14. The maximum absolute atomic E-state index is 3.46. The van der Waals surface area contributed by atoms with Gasteiger partial charge in [0.25, 0.3) is 0 Å². The largest absolute Gasteiger partial charge is 0.317 e. The zero-order valence-corrected chi connectivity index (χ0v) is 13.3. The van der Waals surface area contributed by atoms with E-state index in [1.165, 1.54) is 49.0 Å². The van der Waals surface area contributed by atoms with Crippen LogP contribution in [-0.4, -0.2) is 13.1 Å². The molecule has 1 aromatic carbocycles. The fourth-order valence-corrected chi connectivity index (χ4v) is 3.12. The summed E-state index contributed by atoms with van der Waals surface area (Å²) in [4.78, 5) is 0. The van der Waals surface area contributed by atoms with E-state index in [0.29, 0.717) is 0 Å². The fourth-order valence-electron chi connectivity index (χ4n) is 3.12. The number of benzene rings is 1. The number of aryl methyl sites for hydroxylation is 2. The average Bonchev–Trinajstić information content (AvgIpc) is 2.33. The molecule has 0 radical (unpaired) electrons. The molecule has 1 heteroatoms. The van der Waals surface area contributed by atoms with Crippen molar-refractivity contribution in [2.24, 2.45) is 5.92 Å². The Kier molecular flexibility index (Phi) is 4.35. The van der Waals surface area contributed by atoms with Crippen LogP contribution in [0.4, 0.5) is 0 Å². The quantitative estimate of drug-likeness (QED) is 0.841.